The number of sulfonamides is 1. The van der Waals surface area contributed by atoms with E-state index in [1.165, 1.54) is 6.07 Å². The lowest BCUT2D eigenvalue weighted by Crippen LogP contribution is -2.22. The van der Waals surface area contributed by atoms with Crippen molar-refractivity contribution in [3.63, 3.8) is 0 Å². The van der Waals surface area contributed by atoms with Crippen molar-refractivity contribution in [3.05, 3.63) is 47.1 Å². The number of pyridine rings is 1. The first-order chi connectivity index (χ1) is 8.62. The molecule has 0 amide bonds. The number of aliphatic hydroxyl groups is 1. The average molecular weight is 284 g/mol. The number of aromatic nitrogens is 1. The van der Waals surface area contributed by atoms with Crippen LogP contribution in [0.25, 0.3) is 0 Å². The fourth-order valence-corrected chi connectivity index (χ4v) is 3.56. The molecule has 0 saturated carbocycles. The third kappa shape index (κ3) is 3.14. The van der Waals surface area contributed by atoms with E-state index in [1.54, 1.807) is 29.8 Å². The molecule has 0 radical (unpaired) electrons. The van der Waals surface area contributed by atoms with Crippen molar-refractivity contribution in [3.8, 4) is 0 Å². The Bertz CT molecular complexity index is 608. The second kappa shape index (κ2) is 5.57. The average Bonchev–Trinajstić information content (AvgIpc) is 2.87. The van der Waals surface area contributed by atoms with Crippen LogP contribution in [-0.2, 0) is 23.2 Å². The molecule has 2 N–H and O–H groups in total. The minimum Gasteiger partial charge on any atom is -0.392 e. The summed E-state index contributed by atoms with van der Waals surface area (Å²) in [7, 11) is -3.53. The highest BCUT2D eigenvalue weighted by atomic mass is 32.2. The molecule has 0 aliphatic heterocycles. The number of hydrogen-bond donors (Lipinski definition) is 2. The molecule has 0 aliphatic rings. The Kier molecular flexibility index (Phi) is 4.07. The van der Waals surface area contributed by atoms with Gasteiger partial charge in [0, 0.05) is 6.20 Å². The molecule has 7 heteroatoms. The quantitative estimate of drug-likeness (QED) is 0.862. The zero-order chi connectivity index (χ0) is 13.0. The highest BCUT2D eigenvalue weighted by molar-refractivity contribution is 7.91. The standard InChI is InChI=1S/C11H12N2O3S2/c14-7-9-5-11(17-8-9)18(15,16)13-6-10-3-1-2-4-12-10/h1-5,8,13-14H,6-7H2. The predicted molar refractivity (Wildman–Crippen MR) is 68.5 cm³/mol. The molecule has 0 fully saturated rings. The van der Waals surface area contributed by atoms with E-state index in [9.17, 15) is 8.42 Å². The molecule has 2 aromatic rings. The minimum absolute atomic E-state index is 0.148. The molecule has 2 rings (SSSR count). The number of nitrogens with one attached hydrogen (secondary N) is 1. The predicted octanol–water partition coefficient (Wildman–Crippen LogP) is 1.11. The van der Waals surface area contributed by atoms with E-state index in [-0.39, 0.29) is 17.4 Å². The Morgan fingerprint density at radius 2 is 2.22 bits per heavy atom. The van der Waals surface area contributed by atoms with Gasteiger partial charge in [-0.2, -0.15) is 0 Å². The van der Waals surface area contributed by atoms with E-state index in [4.69, 9.17) is 5.11 Å². The summed E-state index contributed by atoms with van der Waals surface area (Å²) in [5, 5.41) is 10.5. The monoisotopic (exact) mass is 284 g/mol. The SMILES string of the molecule is O=S(=O)(NCc1ccccn1)c1cc(CO)cs1. The van der Waals surface area contributed by atoms with Crippen molar-refractivity contribution in [2.75, 3.05) is 0 Å². The van der Waals surface area contributed by atoms with Gasteiger partial charge in [-0.25, -0.2) is 13.1 Å². The number of hydrogen-bond acceptors (Lipinski definition) is 5. The molecule has 0 saturated heterocycles. The Hall–Kier alpha value is -1.28. The van der Waals surface area contributed by atoms with Crippen LogP contribution in [0.4, 0.5) is 0 Å². The van der Waals surface area contributed by atoms with Crippen LogP contribution in [0.15, 0.2) is 40.1 Å². The summed E-state index contributed by atoms with van der Waals surface area (Å²) < 4.78 is 26.5. The van der Waals surface area contributed by atoms with Crippen LogP contribution in [0, 0.1) is 0 Å². The summed E-state index contributed by atoms with van der Waals surface area (Å²) in [6, 6.07) is 6.78. The van der Waals surface area contributed by atoms with Crippen molar-refractivity contribution in [1.82, 2.24) is 9.71 Å². The van der Waals surface area contributed by atoms with Gasteiger partial charge in [0.15, 0.2) is 0 Å². The number of nitrogens with zero attached hydrogens (tertiary/aromatic N) is 1. The molecule has 0 aromatic carbocycles. The van der Waals surface area contributed by atoms with Crippen LogP contribution in [0.3, 0.4) is 0 Å². The van der Waals surface area contributed by atoms with Crippen LogP contribution in [0.2, 0.25) is 0 Å². The van der Waals surface area contributed by atoms with E-state index < -0.39 is 10.0 Å². The topological polar surface area (TPSA) is 79.3 Å². The lowest BCUT2D eigenvalue weighted by molar-refractivity contribution is 0.282. The molecule has 5 nitrogen and oxygen atoms in total. The van der Waals surface area contributed by atoms with Gasteiger partial charge in [-0.15, -0.1) is 11.3 Å². The van der Waals surface area contributed by atoms with Crippen LogP contribution in [-0.4, -0.2) is 18.5 Å². The Morgan fingerprint density at radius 1 is 1.39 bits per heavy atom. The third-order valence-corrected chi connectivity index (χ3v) is 5.14. The number of rotatable bonds is 5. The molecule has 0 bridgehead atoms. The van der Waals surface area contributed by atoms with Gasteiger partial charge in [-0.05, 0) is 29.1 Å². The molecule has 2 aromatic heterocycles. The summed E-state index contributed by atoms with van der Waals surface area (Å²) in [6.45, 7) is -0.0121. The van der Waals surface area contributed by atoms with E-state index in [0.29, 0.717) is 11.3 Å². The first-order valence-corrected chi connectivity index (χ1v) is 7.56. The van der Waals surface area contributed by atoms with Crippen LogP contribution in [0.1, 0.15) is 11.3 Å². The van der Waals surface area contributed by atoms with Gasteiger partial charge >= 0.3 is 0 Å². The van der Waals surface area contributed by atoms with E-state index >= 15 is 0 Å². The maximum atomic E-state index is 11.9. The molecule has 0 atom stereocenters. The van der Waals surface area contributed by atoms with E-state index in [1.807, 2.05) is 0 Å². The first kappa shape index (κ1) is 13.2. The molecule has 0 unspecified atom stereocenters. The largest absolute Gasteiger partial charge is 0.392 e. The van der Waals surface area contributed by atoms with Crippen molar-refractivity contribution in [1.29, 1.82) is 0 Å². The van der Waals surface area contributed by atoms with Gasteiger partial charge in [0.05, 0.1) is 18.8 Å². The van der Waals surface area contributed by atoms with Crippen LogP contribution < -0.4 is 4.72 Å². The fraction of sp³-hybridized carbons (Fsp3) is 0.182. The molecule has 96 valence electrons. The normalized spacial score (nSPS) is 11.6. The number of thiophene rings is 1. The van der Waals surface area contributed by atoms with Gasteiger partial charge < -0.3 is 5.11 Å². The maximum absolute atomic E-state index is 11.9. The zero-order valence-electron chi connectivity index (χ0n) is 9.41. The van der Waals surface area contributed by atoms with Crippen molar-refractivity contribution >= 4 is 21.4 Å². The molecule has 18 heavy (non-hydrogen) atoms. The molecular formula is C11H12N2O3S2. The summed E-state index contributed by atoms with van der Waals surface area (Å²) in [5.74, 6) is 0. The van der Waals surface area contributed by atoms with Crippen molar-refractivity contribution in [2.45, 2.75) is 17.4 Å². The Morgan fingerprint density at radius 3 is 2.83 bits per heavy atom. The lowest BCUT2D eigenvalue weighted by Gasteiger charge is -2.03. The van der Waals surface area contributed by atoms with Crippen LogP contribution >= 0.6 is 11.3 Å². The van der Waals surface area contributed by atoms with Crippen molar-refractivity contribution < 1.29 is 13.5 Å². The van der Waals surface area contributed by atoms with Gasteiger partial charge in [-0.1, -0.05) is 6.07 Å². The smallest absolute Gasteiger partial charge is 0.250 e. The Labute approximate surface area is 109 Å². The first-order valence-electron chi connectivity index (χ1n) is 5.19. The molecule has 2 heterocycles. The van der Waals surface area contributed by atoms with Gasteiger partial charge in [0.1, 0.15) is 4.21 Å². The second-order valence-electron chi connectivity index (χ2n) is 3.58. The van der Waals surface area contributed by atoms with E-state index in [2.05, 4.69) is 9.71 Å². The molecule has 0 aliphatic carbocycles. The maximum Gasteiger partial charge on any atom is 0.250 e. The summed E-state index contributed by atoms with van der Waals surface area (Å²) in [4.78, 5) is 4.03. The minimum atomic E-state index is -3.53. The highest BCUT2D eigenvalue weighted by Gasteiger charge is 2.16. The third-order valence-electron chi connectivity index (χ3n) is 2.25. The van der Waals surface area contributed by atoms with Gasteiger partial charge in [-0.3, -0.25) is 4.98 Å². The zero-order valence-corrected chi connectivity index (χ0v) is 11.0. The van der Waals surface area contributed by atoms with E-state index in [0.717, 1.165) is 11.3 Å². The highest BCUT2D eigenvalue weighted by Crippen LogP contribution is 2.20. The van der Waals surface area contributed by atoms with Crippen LogP contribution in [0.5, 0.6) is 0 Å². The fourth-order valence-electron chi connectivity index (χ4n) is 1.32. The number of aliphatic hydroxyl groups excluding tert-OH is 1. The second-order valence-corrected chi connectivity index (χ2v) is 6.48. The van der Waals surface area contributed by atoms with Gasteiger partial charge in [0.2, 0.25) is 10.0 Å². The summed E-state index contributed by atoms with van der Waals surface area (Å²) >= 11 is 1.09. The van der Waals surface area contributed by atoms with Gasteiger partial charge in [0.25, 0.3) is 0 Å². The summed E-state index contributed by atoms with van der Waals surface area (Å²) in [5.41, 5.74) is 1.25. The molecule has 0 spiro atoms. The molecular weight excluding hydrogens is 272 g/mol. The lowest BCUT2D eigenvalue weighted by atomic mass is 10.4. The Balaban J connectivity index is 2.08. The summed E-state index contributed by atoms with van der Waals surface area (Å²) in [6.07, 6.45) is 1.61. The van der Waals surface area contributed by atoms with Crippen molar-refractivity contribution in [2.24, 2.45) is 0 Å².